The highest BCUT2D eigenvalue weighted by molar-refractivity contribution is 6.34. The van der Waals surface area contributed by atoms with Crippen molar-refractivity contribution in [1.82, 2.24) is 5.32 Å². The monoisotopic (exact) mass is 348 g/mol. The lowest BCUT2D eigenvalue weighted by Gasteiger charge is -2.13. The molecule has 2 N–H and O–H groups in total. The molecule has 0 spiro atoms. The van der Waals surface area contributed by atoms with E-state index in [2.05, 4.69) is 10.6 Å². The van der Waals surface area contributed by atoms with Crippen LogP contribution >= 0.6 is 11.6 Å². The normalized spacial score (nSPS) is 10.2. The third-order valence-electron chi connectivity index (χ3n) is 3.57. The van der Waals surface area contributed by atoms with Crippen LogP contribution in [0.25, 0.3) is 0 Å². The number of anilines is 1. The van der Waals surface area contributed by atoms with Crippen molar-refractivity contribution in [2.45, 2.75) is 20.4 Å². The number of amides is 2. The molecule has 5 nitrogen and oxygen atoms in total. The zero-order valence-electron chi connectivity index (χ0n) is 14.2. The van der Waals surface area contributed by atoms with Gasteiger partial charge in [0.25, 0.3) is 0 Å². The lowest BCUT2D eigenvalue weighted by atomic mass is 10.1. The fourth-order valence-electron chi connectivity index (χ4n) is 2.40. The smallest absolute Gasteiger partial charge is 0.319 e. The van der Waals surface area contributed by atoms with Gasteiger partial charge in [-0.25, -0.2) is 4.79 Å². The van der Waals surface area contributed by atoms with Gasteiger partial charge in [-0.3, -0.25) is 0 Å². The van der Waals surface area contributed by atoms with Crippen LogP contribution in [0.1, 0.15) is 16.7 Å². The summed E-state index contributed by atoms with van der Waals surface area (Å²) in [5.74, 6) is 1.27. The van der Waals surface area contributed by atoms with Crippen LogP contribution < -0.4 is 20.1 Å². The molecule has 24 heavy (non-hydrogen) atoms. The molecule has 0 aliphatic heterocycles. The fourth-order valence-corrected chi connectivity index (χ4v) is 2.77. The van der Waals surface area contributed by atoms with E-state index < -0.39 is 0 Å². The summed E-state index contributed by atoms with van der Waals surface area (Å²) in [4.78, 5) is 12.1. The Morgan fingerprint density at radius 1 is 1.08 bits per heavy atom. The number of carbonyl (C=O) groups is 1. The van der Waals surface area contributed by atoms with Crippen molar-refractivity contribution in [2.75, 3.05) is 19.5 Å². The summed E-state index contributed by atoms with van der Waals surface area (Å²) in [6.45, 7) is 4.22. The van der Waals surface area contributed by atoms with Crippen molar-refractivity contribution >= 4 is 23.3 Å². The first kappa shape index (κ1) is 17.9. The molecule has 0 aliphatic rings. The Kier molecular flexibility index (Phi) is 5.93. The average molecular weight is 349 g/mol. The predicted molar refractivity (Wildman–Crippen MR) is 96.3 cm³/mol. The molecule has 0 aliphatic carbocycles. The van der Waals surface area contributed by atoms with Crippen molar-refractivity contribution in [3.05, 3.63) is 52.0 Å². The number of hydrogen-bond acceptors (Lipinski definition) is 3. The summed E-state index contributed by atoms with van der Waals surface area (Å²) in [7, 11) is 3.15. The Morgan fingerprint density at radius 3 is 2.42 bits per heavy atom. The van der Waals surface area contributed by atoms with Gasteiger partial charge in [-0.15, -0.1) is 0 Å². The minimum Gasteiger partial charge on any atom is -0.493 e. The summed E-state index contributed by atoms with van der Waals surface area (Å²) < 4.78 is 10.4. The Labute approximate surface area is 146 Å². The third kappa shape index (κ3) is 4.32. The number of halogens is 1. The second-order valence-electron chi connectivity index (χ2n) is 5.44. The van der Waals surface area contributed by atoms with Gasteiger partial charge in [0.05, 0.1) is 24.9 Å². The zero-order chi connectivity index (χ0) is 17.7. The third-order valence-corrected chi connectivity index (χ3v) is 3.87. The van der Waals surface area contributed by atoms with Crippen LogP contribution in [0, 0.1) is 13.8 Å². The second kappa shape index (κ2) is 7.93. The summed E-state index contributed by atoms with van der Waals surface area (Å²) in [5, 5.41) is 6.11. The highest BCUT2D eigenvalue weighted by atomic mass is 35.5. The molecule has 2 rings (SSSR count). The van der Waals surface area contributed by atoms with E-state index in [1.54, 1.807) is 20.3 Å². The van der Waals surface area contributed by atoms with Crippen molar-refractivity contribution in [3.8, 4) is 11.5 Å². The van der Waals surface area contributed by atoms with Crippen LogP contribution in [0.4, 0.5) is 10.5 Å². The van der Waals surface area contributed by atoms with Gasteiger partial charge in [0.2, 0.25) is 0 Å². The largest absolute Gasteiger partial charge is 0.493 e. The van der Waals surface area contributed by atoms with E-state index in [1.807, 2.05) is 38.1 Å². The Morgan fingerprint density at radius 2 is 1.79 bits per heavy atom. The van der Waals surface area contributed by atoms with Crippen LogP contribution in [-0.2, 0) is 6.54 Å². The van der Waals surface area contributed by atoms with Gasteiger partial charge in [0.15, 0.2) is 11.5 Å². The summed E-state index contributed by atoms with van der Waals surface area (Å²) in [6, 6.07) is 8.96. The minimum absolute atomic E-state index is 0.321. The van der Waals surface area contributed by atoms with Gasteiger partial charge in [-0.1, -0.05) is 23.7 Å². The molecular formula is C18H21ClN2O3. The van der Waals surface area contributed by atoms with E-state index in [4.69, 9.17) is 21.1 Å². The van der Waals surface area contributed by atoms with Gasteiger partial charge in [0, 0.05) is 6.54 Å². The first-order valence-corrected chi connectivity index (χ1v) is 7.85. The SMILES string of the molecule is COc1ccc(CNC(=O)Nc2c(C)cc(C)cc2Cl)cc1OC. The number of hydrogen-bond donors (Lipinski definition) is 2. The van der Waals surface area contributed by atoms with Gasteiger partial charge in [-0.2, -0.15) is 0 Å². The number of urea groups is 1. The Bertz CT molecular complexity index is 724. The lowest BCUT2D eigenvalue weighted by Crippen LogP contribution is -2.28. The maximum Gasteiger partial charge on any atom is 0.319 e. The van der Waals surface area contributed by atoms with Crippen LogP contribution in [0.2, 0.25) is 5.02 Å². The molecule has 2 aromatic carbocycles. The van der Waals surface area contributed by atoms with E-state index >= 15 is 0 Å². The second-order valence-corrected chi connectivity index (χ2v) is 5.84. The minimum atomic E-state index is -0.321. The van der Waals surface area contributed by atoms with Gasteiger partial charge in [-0.05, 0) is 48.7 Å². The number of ether oxygens (including phenoxy) is 2. The first-order chi connectivity index (χ1) is 11.4. The molecule has 0 saturated carbocycles. The van der Waals surface area contributed by atoms with Gasteiger partial charge >= 0.3 is 6.03 Å². The van der Waals surface area contributed by atoms with Crippen molar-refractivity contribution in [2.24, 2.45) is 0 Å². The maximum absolute atomic E-state index is 12.1. The number of benzene rings is 2. The molecular weight excluding hydrogens is 328 g/mol. The Balaban J connectivity index is 2.01. The van der Waals surface area contributed by atoms with E-state index in [1.165, 1.54) is 0 Å². The van der Waals surface area contributed by atoms with Crippen molar-refractivity contribution < 1.29 is 14.3 Å². The standard InChI is InChI=1S/C18H21ClN2O3/c1-11-7-12(2)17(14(19)8-11)21-18(22)20-10-13-5-6-15(23-3)16(9-13)24-4/h5-9H,10H2,1-4H3,(H2,20,21,22). The molecule has 128 valence electrons. The molecule has 0 aromatic heterocycles. The predicted octanol–water partition coefficient (Wildman–Crippen LogP) is 4.30. The van der Waals surface area contributed by atoms with Gasteiger partial charge in [0.1, 0.15) is 0 Å². The molecule has 6 heteroatoms. The summed E-state index contributed by atoms with van der Waals surface area (Å²) in [5.41, 5.74) is 3.48. The zero-order valence-corrected chi connectivity index (χ0v) is 15.0. The molecule has 0 radical (unpaired) electrons. The lowest BCUT2D eigenvalue weighted by molar-refractivity contribution is 0.251. The van der Waals surface area contributed by atoms with E-state index in [0.29, 0.717) is 28.8 Å². The molecule has 0 fully saturated rings. The molecule has 0 saturated heterocycles. The van der Waals surface area contributed by atoms with Crippen molar-refractivity contribution in [1.29, 1.82) is 0 Å². The first-order valence-electron chi connectivity index (χ1n) is 7.47. The van der Waals surface area contributed by atoms with Crippen LogP contribution in [-0.4, -0.2) is 20.3 Å². The van der Waals surface area contributed by atoms with Crippen LogP contribution in [0.15, 0.2) is 30.3 Å². The molecule has 2 aromatic rings. The van der Waals surface area contributed by atoms with E-state index in [9.17, 15) is 4.79 Å². The van der Waals surface area contributed by atoms with Crippen molar-refractivity contribution in [3.63, 3.8) is 0 Å². The number of nitrogens with one attached hydrogen (secondary N) is 2. The van der Waals surface area contributed by atoms with Gasteiger partial charge < -0.3 is 20.1 Å². The summed E-state index contributed by atoms with van der Waals surface area (Å²) in [6.07, 6.45) is 0. The number of aryl methyl sites for hydroxylation is 2. The topological polar surface area (TPSA) is 59.6 Å². The van der Waals surface area contributed by atoms with Crippen LogP contribution in [0.3, 0.4) is 0 Å². The number of rotatable bonds is 5. The average Bonchev–Trinajstić information content (AvgIpc) is 2.55. The molecule has 0 heterocycles. The fraction of sp³-hybridized carbons (Fsp3) is 0.278. The molecule has 0 atom stereocenters. The van der Waals surface area contributed by atoms with E-state index in [0.717, 1.165) is 16.7 Å². The maximum atomic E-state index is 12.1. The molecule has 0 unspecified atom stereocenters. The molecule has 2 amide bonds. The highest BCUT2D eigenvalue weighted by Gasteiger charge is 2.10. The summed E-state index contributed by atoms with van der Waals surface area (Å²) >= 11 is 6.20. The highest BCUT2D eigenvalue weighted by Crippen LogP contribution is 2.28. The van der Waals surface area contributed by atoms with Crippen LogP contribution in [0.5, 0.6) is 11.5 Å². The molecule has 0 bridgehead atoms. The quantitative estimate of drug-likeness (QED) is 0.847. The Hall–Kier alpha value is -2.40. The van der Waals surface area contributed by atoms with E-state index in [-0.39, 0.29) is 6.03 Å². The number of carbonyl (C=O) groups excluding carboxylic acids is 1. The number of methoxy groups -OCH3 is 2.